The number of rotatable bonds is 11. The van der Waals surface area contributed by atoms with Gasteiger partial charge in [0.1, 0.15) is 0 Å². The van der Waals surface area contributed by atoms with E-state index in [2.05, 4.69) is 14.8 Å². The molecule has 0 aromatic heterocycles. The summed E-state index contributed by atoms with van der Waals surface area (Å²) in [6.07, 6.45) is 0.380. The summed E-state index contributed by atoms with van der Waals surface area (Å²) >= 11 is 5.73. The van der Waals surface area contributed by atoms with E-state index in [-0.39, 0.29) is 41.8 Å². The van der Waals surface area contributed by atoms with E-state index in [1.165, 1.54) is 37.4 Å². The molecule has 0 saturated heterocycles. The van der Waals surface area contributed by atoms with Gasteiger partial charge in [0.15, 0.2) is 11.5 Å². The lowest BCUT2D eigenvalue weighted by Gasteiger charge is -2.12. The van der Waals surface area contributed by atoms with Gasteiger partial charge in [-0.15, -0.1) is 0 Å². The zero-order valence-electron chi connectivity index (χ0n) is 16.0. The predicted octanol–water partition coefficient (Wildman–Crippen LogP) is 2.98. The first-order chi connectivity index (χ1) is 14.2. The Morgan fingerprint density at radius 3 is 2.43 bits per heavy atom. The first kappa shape index (κ1) is 23.8. The zero-order valence-corrected chi connectivity index (χ0v) is 17.6. The SMILES string of the molecule is COc1cc(CCNC(=O)CCNS(=O)(=O)c2ccc(Cl)cc2)ccc1OC(F)F. The van der Waals surface area contributed by atoms with Gasteiger partial charge >= 0.3 is 6.61 Å². The standard InChI is InChI=1S/C19H21ClF2N2O5S/c1-28-17-12-13(2-7-16(17)29-19(21)22)8-10-23-18(25)9-11-24-30(26,27)15-5-3-14(20)4-6-15/h2-7,12,19,24H,8-11H2,1H3,(H,23,25). The van der Waals surface area contributed by atoms with Gasteiger partial charge in [0, 0.05) is 24.5 Å². The van der Waals surface area contributed by atoms with Crippen molar-refractivity contribution in [2.45, 2.75) is 24.3 Å². The minimum atomic E-state index is -3.72. The van der Waals surface area contributed by atoms with Gasteiger partial charge in [-0.05, 0) is 48.4 Å². The molecule has 0 radical (unpaired) electrons. The Kier molecular flexibility index (Phi) is 8.82. The van der Waals surface area contributed by atoms with Crippen molar-refractivity contribution in [1.29, 1.82) is 0 Å². The highest BCUT2D eigenvalue weighted by atomic mass is 35.5. The van der Waals surface area contributed by atoms with Crippen molar-refractivity contribution in [2.75, 3.05) is 20.2 Å². The predicted molar refractivity (Wildman–Crippen MR) is 108 cm³/mol. The van der Waals surface area contributed by atoms with Crippen LogP contribution in [0.25, 0.3) is 0 Å². The number of benzene rings is 2. The lowest BCUT2D eigenvalue weighted by molar-refractivity contribution is -0.120. The minimum absolute atomic E-state index is 0.0443. The summed E-state index contributed by atoms with van der Waals surface area (Å²) in [7, 11) is -2.39. The smallest absolute Gasteiger partial charge is 0.387 e. The van der Waals surface area contributed by atoms with Crippen LogP contribution in [-0.2, 0) is 21.2 Å². The second-order valence-corrected chi connectivity index (χ2v) is 8.27. The van der Waals surface area contributed by atoms with Crippen LogP contribution in [0.2, 0.25) is 5.02 Å². The van der Waals surface area contributed by atoms with E-state index >= 15 is 0 Å². The molecule has 0 saturated carbocycles. The summed E-state index contributed by atoms with van der Waals surface area (Å²) in [5, 5.41) is 3.08. The van der Waals surface area contributed by atoms with Crippen LogP contribution in [0.15, 0.2) is 47.4 Å². The van der Waals surface area contributed by atoms with Gasteiger partial charge in [0.25, 0.3) is 0 Å². The largest absolute Gasteiger partial charge is 0.493 e. The highest BCUT2D eigenvalue weighted by molar-refractivity contribution is 7.89. The molecule has 2 aromatic carbocycles. The molecule has 0 atom stereocenters. The number of methoxy groups -OCH3 is 1. The highest BCUT2D eigenvalue weighted by Gasteiger charge is 2.14. The summed E-state index contributed by atoms with van der Waals surface area (Å²) in [6, 6.07) is 10.2. The van der Waals surface area contributed by atoms with Crippen molar-refractivity contribution in [3.8, 4) is 11.5 Å². The molecule has 0 fully saturated rings. The Morgan fingerprint density at radius 2 is 1.80 bits per heavy atom. The molecule has 2 rings (SSSR count). The van der Waals surface area contributed by atoms with E-state index < -0.39 is 16.6 Å². The zero-order chi connectivity index (χ0) is 22.1. The topological polar surface area (TPSA) is 93.7 Å². The molecule has 0 bridgehead atoms. The van der Waals surface area contributed by atoms with Crippen LogP contribution in [0.3, 0.4) is 0 Å². The van der Waals surface area contributed by atoms with Gasteiger partial charge in [0.05, 0.1) is 12.0 Å². The molecule has 2 N–H and O–H groups in total. The monoisotopic (exact) mass is 462 g/mol. The number of sulfonamides is 1. The summed E-state index contributed by atoms with van der Waals surface area (Å²) < 4.78 is 60.7. The fourth-order valence-corrected chi connectivity index (χ4v) is 3.65. The number of nitrogens with one attached hydrogen (secondary N) is 2. The average molecular weight is 463 g/mol. The highest BCUT2D eigenvalue weighted by Crippen LogP contribution is 2.29. The second kappa shape index (κ2) is 11.1. The molecule has 7 nitrogen and oxygen atoms in total. The Bertz CT molecular complexity index is 956. The maximum atomic E-state index is 12.3. The van der Waals surface area contributed by atoms with Crippen LogP contribution in [0, 0.1) is 0 Å². The van der Waals surface area contributed by atoms with Crippen molar-refractivity contribution in [3.05, 3.63) is 53.1 Å². The molecule has 0 heterocycles. The number of ether oxygens (including phenoxy) is 2. The molecule has 0 aliphatic carbocycles. The number of hydrogen-bond donors (Lipinski definition) is 2. The number of amides is 1. The van der Waals surface area contributed by atoms with Gasteiger partial charge in [-0.1, -0.05) is 17.7 Å². The molecule has 0 unspecified atom stereocenters. The lowest BCUT2D eigenvalue weighted by Crippen LogP contribution is -2.31. The number of hydrogen-bond acceptors (Lipinski definition) is 5. The van der Waals surface area contributed by atoms with Crippen molar-refractivity contribution < 1.29 is 31.5 Å². The Labute approximate surface area is 178 Å². The second-order valence-electron chi connectivity index (χ2n) is 6.07. The minimum Gasteiger partial charge on any atom is -0.493 e. The molecule has 2 aromatic rings. The molecule has 164 valence electrons. The third-order valence-electron chi connectivity index (χ3n) is 3.95. The quantitative estimate of drug-likeness (QED) is 0.535. The number of carbonyl (C=O) groups excluding carboxylic acids is 1. The van der Waals surface area contributed by atoms with Crippen LogP contribution in [-0.4, -0.2) is 41.1 Å². The summed E-state index contributed by atoms with van der Waals surface area (Å²) in [5.41, 5.74) is 0.747. The molecule has 1 amide bonds. The number of carbonyl (C=O) groups is 1. The first-order valence-electron chi connectivity index (χ1n) is 8.85. The fraction of sp³-hybridized carbons (Fsp3) is 0.316. The fourth-order valence-electron chi connectivity index (χ4n) is 2.49. The average Bonchev–Trinajstić information content (AvgIpc) is 2.68. The molecule has 0 aliphatic heterocycles. The number of alkyl halides is 2. The first-order valence-corrected chi connectivity index (χ1v) is 10.7. The Morgan fingerprint density at radius 1 is 1.10 bits per heavy atom. The number of halogens is 3. The van der Waals surface area contributed by atoms with Gasteiger partial charge < -0.3 is 14.8 Å². The lowest BCUT2D eigenvalue weighted by atomic mass is 10.1. The maximum Gasteiger partial charge on any atom is 0.387 e. The van der Waals surface area contributed by atoms with Crippen LogP contribution in [0.5, 0.6) is 11.5 Å². The van der Waals surface area contributed by atoms with E-state index in [4.69, 9.17) is 16.3 Å². The molecular formula is C19H21ClF2N2O5S. The van der Waals surface area contributed by atoms with Crippen LogP contribution >= 0.6 is 11.6 Å². The normalized spacial score (nSPS) is 11.4. The third-order valence-corrected chi connectivity index (χ3v) is 5.68. The van der Waals surface area contributed by atoms with Crippen molar-refractivity contribution >= 4 is 27.5 Å². The van der Waals surface area contributed by atoms with E-state index in [0.29, 0.717) is 11.4 Å². The molecule has 0 spiro atoms. The van der Waals surface area contributed by atoms with Gasteiger partial charge in [-0.25, -0.2) is 13.1 Å². The molecule has 30 heavy (non-hydrogen) atoms. The maximum absolute atomic E-state index is 12.3. The van der Waals surface area contributed by atoms with E-state index in [9.17, 15) is 22.0 Å². The van der Waals surface area contributed by atoms with Crippen molar-refractivity contribution in [3.63, 3.8) is 0 Å². The third kappa shape index (κ3) is 7.43. The molecule has 11 heteroatoms. The van der Waals surface area contributed by atoms with Crippen molar-refractivity contribution in [2.24, 2.45) is 0 Å². The summed E-state index contributed by atoms with van der Waals surface area (Å²) in [6.45, 7) is -2.74. The Balaban J connectivity index is 1.76. The van der Waals surface area contributed by atoms with Gasteiger partial charge in [0.2, 0.25) is 15.9 Å². The van der Waals surface area contributed by atoms with E-state index in [1.54, 1.807) is 12.1 Å². The van der Waals surface area contributed by atoms with Crippen molar-refractivity contribution in [1.82, 2.24) is 10.0 Å². The summed E-state index contributed by atoms with van der Waals surface area (Å²) in [5.74, 6) is -0.248. The van der Waals surface area contributed by atoms with Crippen LogP contribution < -0.4 is 19.5 Å². The molecular weight excluding hydrogens is 442 g/mol. The van der Waals surface area contributed by atoms with Crippen LogP contribution in [0.4, 0.5) is 8.78 Å². The Hall–Kier alpha value is -2.43. The molecule has 0 aliphatic rings. The summed E-state index contributed by atoms with van der Waals surface area (Å²) in [4.78, 5) is 12.0. The van der Waals surface area contributed by atoms with Gasteiger partial charge in [-0.2, -0.15) is 8.78 Å². The van der Waals surface area contributed by atoms with E-state index in [0.717, 1.165) is 5.56 Å². The van der Waals surface area contributed by atoms with E-state index in [1.807, 2.05) is 0 Å². The van der Waals surface area contributed by atoms with Crippen LogP contribution in [0.1, 0.15) is 12.0 Å². The van der Waals surface area contributed by atoms with Gasteiger partial charge in [-0.3, -0.25) is 4.79 Å².